The number of aromatic nitrogens is 1. The van der Waals surface area contributed by atoms with Crippen molar-refractivity contribution in [1.29, 1.82) is 0 Å². The SMILES string of the molecule is O=C(c1ccc2ncsc2c1)N1CCCC(N2CCCC2)C1. The summed E-state index contributed by atoms with van der Waals surface area (Å²) in [4.78, 5) is 21.7. The summed E-state index contributed by atoms with van der Waals surface area (Å²) in [6, 6.07) is 6.44. The second-order valence-corrected chi connectivity index (χ2v) is 7.21. The monoisotopic (exact) mass is 315 g/mol. The lowest BCUT2D eigenvalue weighted by Crippen LogP contribution is -2.48. The third kappa shape index (κ3) is 2.63. The Bertz CT molecular complexity index is 677. The van der Waals surface area contributed by atoms with Crippen molar-refractivity contribution in [3.05, 3.63) is 29.3 Å². The van der Waals surface area contributed by atoms with Crippen LogP contribution in [0.25, 0.3) is 10.2 Å². The molecule has 1 aromatic carbocycles. The minimum atomic E-state index is 0.180. The number of benzene rings is 1. The largest absolute Gasteiger partial charge is 0.337 e. The summed E-state index contributed by atoms with van der Waals surface area (Å²) in [6.07, 6.45) is 4.98. The Labute approximate surface area is 134 Å². The Hall–Kier alpha value is -1.46. The first-order valence-corrected chi connectivity index (χ1v) is 9.06. The maximum atomic E-state index is 12.8. The minimum absolute atomic E-state index is 0.180. The Morgan fingerprint density at radius 2 is 2.05 bits per heavy atom. The predicted molar refractivity (Wildman–Crippen MR) is 89.4 cm³/mol. The Kier molecular flexibility index (Phi) is 3.84. The van der Waals surface area contributed by atoms with Gasteiger partial charge >= 0.3 is 0 Å². The molecule has 2 saturated heterocycles. The summed E-state index contributed by atoms with van der Waals surface area (Å²) >= 11 is 1.60. The molecular formula is C17H21N3OS. The molecule has 4 rings (SSSR count). The Morgan fingerprint density at radius 3 is 2.91 bits per heavy atom. The highest BCUT2D eigenvalue weighted by Crippen LogP contribution is 2.24. The van der Waals surface area contributed by atoms with Crippen molar-refractivity contribution in [3.8, 4) is 0 Å². The maximum absolute atomic E-state index is 12.8. The number of carbonyl (C=O) groups is 1. The topological polar surface area (TPSA) is 36.4 Å². The number of amides is 1. The molecule has 0 spiro atoms. The van der Waals surface area contributed by atoms with Crippen LogP contribution in [0.4, 0.5) is 0 Å². The van der Waals surface area contributed by atoms with Crippen molar-refractivity contribution >= 4 is 27.5 Å². The van der Waals surface area contributed by atoms with Crippen LogP contribution in [-0.2, 0) is 0 Å². The molecule has 1 amide bonds. The fraction of sp³-hybridized carbons (Fsp3) is 0.529. The van der Waals surface area contributed by atoms with Crippen molar-refractivity contribution in [2.45, 2.75) is 31.7 Å². The van der Waals surface area contributed by atoms with Gasteiger partial charge in [-0.25, -0.2) is 4.98 Å². The molecule has 0 saturated carbocycles. The van der Waals surface area contributed by atoms with E-state index in [0.717, 1.165) is 35.3 Å². The molecule has 0 radical (unpaired) electrons. The molecule has 116 valence electrons. The summed E-state index contributed by atoms with van der Waals surface area (Å²) in [7, 11) is 0. The molecule has 5 heteroatoms. The van der Waals surface area contributed by atoms with Crippen LogP contribution in [0.1, 0.15) is 36.0 Å². The molecular weight excluding hydrogens is 294 g/mol. The fourth-order valence-corrected chi connectivity index (χ4v) is 4.43. The van der Waals surface area contributed by atoms with E-state index in [1.54, 1.807) is 11.3 Å². The number of hydrogen-bond donors (Lipinski definition) is 0. The Morgan fingerprint density at radius 1 is 1.18 bits per heavy atom. The summed E-state index contributed by atoms with van der Waals surface area (Å²) in [5.74, 6) is 0.180. The summed E-state index contributed by atoms with van der Waals surface area (Å²) in [5, 5.41) is 0. The van der Waals surface area contributed by atoms with Crippen molar-refractivity contribution < 1.29 is 4.79 Å². The van der Waals surface area contributed by atoms with E-state index >= 15 is 0 Å². The molecule has 0 N–H and O–H groups in total. The second-order valence-electron chi connectivity index (χ2n) is 6.33. The first-order chi connectivity index (χ1) is 10.8. The quantitative estimate of drug-likeness (QED) is 0.855. The van der Waals surface area contributed by atoms with Gasteiger partial charge < -0.3 is 4.90 Å². The normalized spacial score (nSPS) is 23.3. The molecule has 3 heterocycles. The molecule has 1 atom stereocenters. The predicted octanol–water partition coefficient (Wildman–Crippen LogP) is 3.00. The zero-order valence-corrected chi connectivity index (χ0v) is 13.5. The van der Waals surface area contributed by atoms with Crippen LogP contribution in [0.15, 0.2) is 23.7 Å². The van der Waals surface area contributed by atoms with E-state index in [9.17, 15) is 4.79 Å². The van der Waals surface area contributed by atoms with Crippen LogP contribution in [0.3, 0.4) is 0 Å². The lowest BCUT2D eigenvalue weighted by Gasteiger charge is -2.37. The van der Waals surface area contributed by atoms with Crippen molar-refractivity contribution in [2.24, 2.45) is 0 Å². The number of fused-ring (bicyclic) bond motifs is 1. The molecule has 2 aliphatic heterocycles. The molecule has 22 heavy (non-hydrogen) atoms. The van der Waals surface area contributed by atoms with E-state index in [2.05, 4.69) is 14.8 Å². The molecule has 1 aromatic heterocycles. The molecule has 2 aromatic rings. The number of likely N-dealkylation sites (tertiary alicyclic amines) is 2. The van der Waals surface area contributed by atoms with Gasteiger partial charge in [-0.15, -0.1) is 11.3 Å². The van der Waals surface area contributed by atoms with Gasteiger partial charge in [-0.2, -0.15) is 0 Å². The fourth-order valence-electron chi connectivity index (χ4n) is 3.71. The van der Waals surface area contributed by atoms with Gasteiger partial charge in [-0.1, -0.05) is 0 Å². The third-order valence-electron chi connectivity index (χ3n) is 4.92. The van der Waals surface area contributed by atoms with E-state index in [-0.39, 0.29) is 5.91 Å². The van der Waals surface area contributed by atoms with Crippen LogP contribution in [-0.4, -0.2) is 52.9 Å². The van der Waals surface area contributed by atoms with Crippen molar-refractivity contribution in [2.75, 3.05) is 26.2 Å². The van der Waals surface area contributed by atoms with Crippen molar-refractivity contribution in [3.63, 3.8) is 0 Å². The van der Waals surface area contributed by atoms with Gasteiger partial charge in [0.15, 0.2) is 0 Å². The molecule has 2 aliphatic rings. The van der Waals surface area contributed by atoms with Crippen LogP contribution < -0.4 is 0 Å². The highest BCUT2D eigenvalue weighted by Gasteiger charge is 2.29. The van der Waals surface area contributed by atoms with Gasteiger partial charge in [-0.05, 0) is 57.0 Å². The summed E-state index contributed by atoms with van der Waals surface area (Å²) in [5.41, 5.74) is 3.62. The second kappa shape index (κ2) is 5.97. The molecule has 0 aliphatic carbocycles. The lowest BCUT2D eigenvalue weighted by molar-refractivity contribution is 0.0608. The summed E-state index contributed by atoms with van der Waals surface area (Å²) < 4.78 is 1.10. The first-order valence-electron chi connectivity index (χ1n) is 8.18. The van der Waals surface area contributed by atoms with Gasteiger partial charge in [0.05, 0.1) is 15.7 Å². The van der Waals surface area contributed by atoms with Crippen LogP contribution in [0, 0.1) is 0 Å². The van der Waals surface area contributed by atoms with Crippen molar-refractivity contribution in [1.82, 2.24) is 14.8 Å². The smallest absolute Gasteiger partial charge is 0.253 e. The standard InChI is InChI=1S/C17H21N3OS/c21-17(13-5-6-15-16(10-13)22-12-18-15)20-9-3-4-14(11-20)19-7-1-2-8-19/h5-6,10,12,14H,1-4,7-9,11H2. The highest BCUT2D eigenvalue weighted by atomic mass is 32.1. The zero-order valence-electron chi connectivity index (χ0n) is 12.7. The van der Waals surface area contributed by atoms with Crippen LogP contribution in [0.5, 0.6) is 0 Å². The van der Waals surface area contributed by atoms with Gasteiger partial charge in [0, 0.05) is 24.7 Å². The number of nitrogens with zero attached hydrogens (tertiary/aromatic N) is 3. The van der Waals surface area contributed by atoms with E-state index in [1.165, 1.54) is 32.4 Å². The zero-order chi connectivity index (χ0) is 14.9. The maximum Gasteiger partial charge on any atom is 0.253 e. The number of rotatable bonds is 2. The number of thiazole rings is 1. The average Bonchev–Trinajstić information content (AvgIpc) is 3.25. The molecule has 2 fully saturated rings. The number of carbonyl (C=O) groups excluding carboxylic acids is 1. The summed E-state index contributed by atoms with van der Waals surface area (Å²) in [6.45, 7) is 4.20. The number of hydrogen-bond acceptors (Lipinski definition) is 4. The van der Waals surface area contributed by atoms with E-state index in [4.69, 9.17) is 0 Å². The van der Waals surface area contributed by atoms with E-state index in [0.29, 0.717) is 6.04 Å². The van der Waals surface area contributed by atoms with E-state index in [1.807, 2.05) is 23.7 Å². The average molecular weight is 315 g/mol. The number of piperidine rings is 1. The van der Waals surface area contributed by atoms with Gasteiger partial charge in [-0.3, -0.25) is 9.69 Å². The van der Waals surface area contributed by atoms with Gasteiger partial charge in [0.2, 0.25) is 0 Å². The Balaban J connectivity index is 1.51. The first kappa shape index (κ1) is 14.2. The van der Waals surface area contributed by atoms with Crippen LogP contribution in [0.2, 0.25) is 0 Å². The minimum Gasteiger partial charge on any atom is -0.337 e. The molecule has 0 bridgehead atoms. The van der Waals surface area contributed by atoms with Gasteiger partial charge in [0.1, 0.15) is 0 Å². The molecule has 1 unspecified atom stereocenters. The lowest BCUT2D eigenvalue weighted by atomic mass is 10.0. The van der Waals surface area contributed by atoms with Gasteiger partial charge in [0.25, 0.3) is 5.91 Å². The molecule has 4 nitrogen and oxygen atoms in total. The van der Waals surface area contributed by atoms with E-state index < -0.39 is 0 Å². The highest BCUT2D eigenvalue weighted by molar-refractivity contribution is 7.16. The third-order valence-corrected chi connectivity index (χ3v) is 5.71. The van der Waals surface area contributed by atoms with Crippen LogP contribution >= 0.6 is 11.3 Å².